The molecule has 7 nitrogen and oxygen atoms in total. The molecule has 0 saturated heterocycles. The highest BCUT2D eigenvalue weighted by Crippen LogP contribution is 2.38. The van der Waals surface area contributed by atoms with Crippen LogP contribution in [0.4, 0.5) is 5.69 Å². The molecule has 0 unspecified atom stereocenters. The molecular weight excluding hydrogens is 420 g/mol. The second kappa shape index (κ2) is 9.24. The molecule has 0 radical (unpaired) electrons. The van der Waals surface area contributed by atoms with Crippen LogP contribution in [0.5, 0.6) is 17.2 Å². The Labute approximate surface area is 192 Å². The first-order chi connectivity index (χ1) is 16.0. The van der Waals surface area contributed by atoms with Gasteiger partial charge in [0, 0.05) is 16.8 Å². The lowest BCUT2D eigenvalue weighted by atomic mass is 10.1. The molecular formula is C26H26N2O5. The van der Waals surface area contributed by atoms with Crippen LogP contribution in [0, 0.1) is 6.92 Å². The number of carbonyl (C=O) groups is 1. The monoisotopic (exact) mass is 446 g/mol. The summed E-state index contributed by atoms with van der Waals surface area (Å²) >= 11 is 0. The summed E-state index contributed by atoms with van der Waals surface area (Å²) in [7, 11) is 4.54. The number of carbonyl (C=O) groups excluding carboxylic acids is 1. The van der Waals surface area contributed by atoms with Crippen LogP contribution in [0.1, 0.15) is 28.4 Å². The number of nitrogens with one attached hydrogen (secondary N) is 1. The lowest BCUT2D eigenvalue weighted by Crippen LogP contribution is -2.13. The van der Waals surface area contributed by atoms with Crippen molar-refractivity contribution in [1.82, 2.24) is 4.98 Å². The van der Waals surface area contributed by atoms with E-state index < -0.39 is 0 Å². The van der Waals surface area contributed by atoms with Gasteiger partial charge >= 0.3 is 0 Å². The van der Waals surface area contributed by atoms with Gasteiger partial charge in [-0.1, -0.05) is 19.1 Å². The van der Waals surface area contributed by atoms with Crippen molar-refractivity contribution in [2.24, 2.45) is 0 Å². The number of ether oxygens (including phenoxy) is 3. The Morgan fingerprint density at radius 2 is 1.70 bits per heavy atom. The number of aromatic nitrogens is 1. The van der Waals surface area contributed by atoms with E-state index >= 15 is 0 Å². The van der Waals surface area contributed by atoms with Crippen LogP contribution in [0.3, 0.4) is 0 Å². The molecule has 0 aliphatic rings. The molecule has 4 rings (SSSR count). The quantitative estimate of drug-likeness (QED) is 0.395. The topological polar surface area (TPSA) is 82.8 Å². The van der Waals surface area contributed by atoms with Crippen LogP contribution in [0.2, 0.25) is 0 Å². The number of benzene rings is 3. The largest absolute Gasteiger partial charge is 0.493 e. The van der Waals surface area contributed by atoms with E-state index in [2.05, 4.69) is 17.2 Å². The highest BCUT2D eigenvalue weighted by molar-refractivity contribution is 6.05. The van der Waals surface area contributed by atoms with Gasteiger partial charge in [0.15, 0.2) is 17.1 Å². The van der Waals surface area contributed by atoms with Crippen molar-refractivity contribution >= 4 is 22.7 Å². The second-order valence-corrected chi connectivity index (χ2v) is 7.57. The van der Waals surface area contributed by atoms with Gasteiger partial charge in [0.25, 0.3) is 5.91 Å². The third-order valence-corrected chi connectivity index (χ3v) is 5.52. The van der Waals surface area contributed by atoms with Crippen molar-refractivity contribution in [3.05, 3.63) is 65.2 Å². The summed E-state index contributed by atoms with van der Waals surface area (Å²) in [6.07, 6.45) is 0.930. The predicted molar refractivity (Wildman–Crippen MR) is 128 cm³/mol. The number of nitrogens with zero attached hydrogens (tertiary/aromatic N) is 1. The van der Waals surface area contributed by atoms with Crippen LogP contribution in [0.25, 0.3) is 22.6 Å². The number of amides is 1. The van der Waals surface area contributed by atoms with Crippen molar-refractivity contribution < 1.29 is 23.4 Å². The zero-order valence-electron chi connectivity index (χ0n) is 19.3. The molecule has 1 amide bonds. The second-order valence-electron chi connectivity index (χ2n) is 7.57. The molecule has 7 heteroatoms. The van der Waals surface area contributed by atoms with Gasteiger partial charge in [-0.2, -0.15) is 0 Å². The normalized spacial score (nSPS) is 10.8. The summed E-state index contributed by atoms with van der Waals surface area (Å²) < 4.78 is 22.0. The zero-order valence-corrected chi connectivity index (χ0v) is 19.3. The fourth-order valence-corrected chi connectivity index (χ4v) is 3.61. The molecule has 0 aliphatic heterocycles. The summed E-state index contributed by atoms with van der Waals surface area (Å²) in [5.41, 5.74) is 5.45. The Morgan fingerprint density at radius 1 is 0.970 bits per heavy atom. The average Bonchev–Trinajstić information content (AvgIpc) is 3.27. The molecule has 4 aromatic rings. The van der Waals surface area contributed by atoms with Crippen molar-refractivity contribution in [3.63, 3.8) is 0 Å². The first-order valence-corrected chi connectivity index (χ1v) is 10.6. The summed E-state index contributed by atoms with van der Waals surface area (Å²) in [6, 6.07) is 14.9. The molecule has 0 aliphatic carbocycles. The Hall–Kier alpha value is -4.00. The fourth-order valence-electron chi connectivity index (χ4n) is 3.61. The van der Waals surface area contributed by atoms with Crippen molar-refractivity contribution in [2.75, 3.05) is 26.6 Å². The maximum Gasteiger partial charge on any atom is 0.255 e. The van der Waals surface area contributed by atoms with E-state index in [9.17, 15) is 4.79 Å². The van der Waals surface area contributed by atoms with Crippen LogP contribution in [-0.4, -0.2) is 32.2 Å². The molecule has 0 spiro atoms. The van der Waals surface area contributed by atoms with E-state index in [0.717, 1.165) is 28.6 Å². The van der Waals surface area contributed by atoms with E-state index in [0.29, 0.717) is 34.4 Å². The Balaban J connectivity index is 1.66. The number of methoxy groups -OCH3 is 3. The van der Waals surface area contributed by atoms with E-state index in [4.69, 9.17) is 18.6 Å². The van der Waals surface area contributed by atoms with Crippen molar-refractivity contribution in [2.45, 2.75) is 20.3 Å². The number of fused-ring (bicyclic) bond motifs is 1. The summed E-state index contributed by atoms with van der Waals surface area (Å²) in [5, 5.41) is 2.97. The number of anilines is 1. The standard InChI is InChI=1S/C26H26N2O5/c1-6-16-8-10-21-20(11-16)28-26(33-21)17-9-7-15(2)19(12-17)27-25(29)18-13-22(30-3)24(32-5)23(14-18)31-4/h7-14H,6H2,1-5H3,(H,27,29). The zero-order chi connectivity index (χ0) is 23.5. The van der Waals surface area contributed by atoms with E-state index in [1.165, 1.54) is 26.9 Å². The summed E-state index contributed by atoms with van der Waals surface area (Å²) in [6.45, 7) is 4.03. The van der Waals surface area contributed by atoms with Gasteiger partial charge in [0.2, 0.25) is 11.6 Å². The number of oxazole rings is 1. The fraction of sp³-hybridized carbons (Fsp3) is 0.231. The van der Waals surface area contributed by atoms with Gasteiger partial charge in [-0.3, -0.25) is 4.79 Å². The highest BCUT2D eigenvalue weighted by Gasteiger charge is 2.18. The Kier molecular flexibility index (Phi) is 6.22. The molecule has 0 atom stereocenters. The van der Waals surface area contributed by atoms with Gasteiger partial charge in [0.05, 0.1) is 21.3 Å². The van der Waals surface area contributed by atoms with E-state index in [1.54, 1.807) is 12.1 Å². The van der Waals surface area contributed by atoms with Crippen LogP contribution in [-0.2, 0) is 6.42 Å². The Bertz CT molecular complexity index is 1300. The first kappa shape index (κ1) is 22.2. The van der Waals surface area contributed by atoms with Gasteiger partial charge in [-0.15, -0.1) is 0 Å². The molecule has 0 saturated carbocycles. The number of hydrogen-bond acceptors (Lipinski definition) is 6. The lowest BCUT2D eigenvalue weighted by Gasteiger charge is -2.15. The maximum absolute atomic E-state index is 13.1. The SMILES string of the molecule is CCc1ccc2oc(-c3ccc(C)c(NC(=O)c4cc(OC)c(OC)c(OC)c4)c3)nc2c1. The van der Waals surface area contributed by atoms with Crippen LogP contribution in [0.15, 0.2) is 52.9 Å². The minimum absolute atomic E-state index is 0.306. The third kappa shape index (κ3) is 4.35. The number of aryl methyl sites for hydroxylation is 2. The number of hydrogen-bond donors (Lipinski definition) is 1. The lowest BCUT2D eigenvalue weighted by molar-refractivity contribution is 0.102. The Morgan fingerprint density at radius 3 is 2.33 bits per heavy atom. The van der Waals surface area contributed by atoms with Gasteiger partial charge < -0.3 is 23.9 Å². The van der Waals surface area contributed by atoms with Crippen molar-refractivity contribution in [1.29, 1.82) is 0 Å². The molecule has 1 N–H and O–H groups in total. The summed E-state index contributed by atoms with van der Waals surface area (Å²) in [4.78, 5) is 17.7. The van der Waals surface area contributed by atoms with Crippen LogP contribution < -0.4 is 19.5 Å². The van der Waals surface area contributed by atoms with E-state index in [1.807, 2.05) is 43.3 Å². The van der Waals surface area contributed by atoms with E-state index in [-0.39, 0.29) is 5.91 Å². The maximum atomic E-state index is 13.1. The first-order valence-electron chi connectivity index (χ1n) is 10.6. The minimum Gasteiger partial charge on any atom is -0.493 e. The average molecular weight is 447 g/mol. The molecule has 0 bridgehead atoms. The molecule has 170 valence electrons. The van der Waals surface area contributed by atoms with Crippen LogP contribution >= 0.6 is 0 Å². The predicted octanol–water partition coefficient (Wildman–Crippen LogP) is 5.64. The third-order valence-electron chi connectivity index (χ3n) is 5.52. The molecule has 33 heavy (non-hydrogen) atoms. The van der Waals surface area contributed by atoms with Gasteiger partial charge in [-0.05, 0) is 60.9 Å². The van der Waals surface area contributed by atoms with Crippen molar-refractivity contribution in [3.8, 4) is 28.7 Å². The van der Waals surface area contributed by atoms with Gasteiger partial charge in [0.1, 0.15) is 5.52 Å². The van der Waals surface area contributed by atoms with Gasteiger partial charge in [-0.25, -0.2) is 4.98 Å². The smallest absolute Gasteiger partial charge is 0.255 e. The highest BCUT2D eigenvalue weighted by atomic mass is 16.5. The molecule has 3 aromatic carbocycles. The minimum atomic E-state index is -0.306. The molecule has 1 aromatic heterocycles. The summed E-state index contributed by atoms with van der Waals surface area (Å²) in [5.74, 6) is 1.44. The molecule has 0 fully saturated rings. The molecule has 1 heterocycles. The number of rotatable bonds is 7.